The number of hydrogen-bond acceptors (Lipinski definition) is 7. The number of carboxylic acid groups (broad SMARTS) is 1. The first-order valence-corrected chi connectivity index (χ1v) is 13.6. The Kier molecular flexibility index (Phi) is 7.57. The van der Waals surface area contributed by atoms with Crippen molar-refractivity contribution < 1.29 is 19.4 Å². The second-order valence-electron chi connectivity index (χ2n) is 9.33. The van der Waals surface area contributed by atoms with E-state index in [9.17, 15) is 19.8 Å². The summed E-state index contributed by atoms with van der Waals surface area (Å²) in [5.41, 5.74) is 6.19. The summed E-state index contributed by atoms with van der Waals surface area (Å²) in [5.74, 6) is -2.01. The van der Waals surface area contributed by atoms with Crippen LogP contribution in [0.25, 0.3) is 21.8 Å². The number of aryl methyl sites for hydroxylation is 1. The molecule has 4 N–H and O–H groups in total. The Morgan fingerprint density at radius 3 is 2.52 bits per heavy atom. The third kappa shape index (κ3) is 5.05. The largest absolute Gasteiger partial charge is 0.493 e. The molecule has 0 unspecified atom stereocenters. The molecule has 1 fully saturated rings. The van der Waals surface area contributed by atoms with Gasteiger partial charge in [-0.25, -0.2) is 9.18 Å². The Labute approximate surface area is 241 Å². The maximum Gasteiger partial charge on any atom is 0.341 e. The van der Waals surface area contributed by atoms with Crippen LogP contribution in [0.3, 0.4) is 0 Å². The van der Waals surface area contributed by atoms with Crippen molar-refractivity contribution in [3.05, 3.63) is 62.6 Å². The maximum atomic E-state index is 15.3. The van der Waals surface area contributed by atoms with Crippen molar-refractivity contribution in [2.45, 2.75) is 20.1 Å². The van der Waals surface area contributed by atoms with Crippen LogP contribution in [0.15, 0.2) is 56.0 Å². The van der Waals surface area contributed by atoms with Crippen molar-refractivity contribution in [1.82, 2.24) is 14.0 Å². The second-order valence-corrected chi connectivity index (χ2v) is 10.7. The molecule has 2 aromatic heterocycles. The molecule has 208 valence electrons. The summed E-state index contributed by atoms with van der Waals surface area (Å²) in [6.07, 6.45) is 1.30. The van der Waals surface area contributed by atoms with Gasteiger partial charge in [-0.05, 0) is 49.5 Å². The molecule has 1 saturated heterocycles. The lowest BCUT2D eigenvalue weighted by atomic mass is 10.1. The van der Waals surface area contributed by atoms with Gasteiger partial charge in [0, 0.05) is 54.2 Å². The lowest BCUT2D eigenvalue weighted by molar-refractivity contribution is 0.0695. The van der Waals surface area contributed by atoms with Crippen LogP contribution in [0.4, 0.5) is 15.8 Å². The standard InChI is InChI=1S/C26H25BrFN7O4S/c1-2-33-12-17(25(38)39)23(36)16-10-18(28)21(11-20(16)33)34-7-5-32(6-8-34)13-35-19-4-3-14(27)9-15(19)22(24(35)37)30-31-26(29)40/h3-4,9-12,37H,2,5-8,13H2,1H3,(H2,29,40)(H,38,39). The van der Waals surface area contributed by atoms with Gasteiger partial charge < -0.3 is 25.4 Å². The topological polar surface area (TPSA) is 142 Å². The average Bonchev–Trinajstić information content (AvgIpc) is 3.17. The summed E-state index contributed by atoms with van der Waals surface area (Å²) in [4.78, 5) is 28.2. The van der Waals surface area contributed by atoms with Crippen molar-refractivity contribution in [2.24, 2.45) is 16.0 Å². The quantitative estimate of drug-likeness (QED) is 0.211. The van der Waals surface area contributed by atoms with Crippen LogP contribution < -0.4 is 16.1 Å². The zero-order chi connectivity index (χ0) is 28.7. The van der Waals surface area contributed by atoms with Crippen LogP contribution in [0.2, 0.25) is 0 Å². The molecule has 0 spiro atoms. The van der Waals surface area contributed by atoms with Crippen molar-refractivity contribution in [3.63, 3.8) is 0 Å². The molecule has 0 radical (unpaired) electrons. The molecule has 5 rings (SSSR count). The molecule has 11 nitrogen and oxygen atoms in total. The molecule has 0 bridgehead atoms. The minimum atomic E-state index is -1.35. The summed E-state index contributed by atoms with van der Waals surface area (Å²) >= 11 is 8.23. The van der Waals surface area contributed by atoms with Gasteiger partial charge in [0.05, 0.1) is 23.4 Å². The number of rotatable bonds is 6. The van der Waals surface area contributed by atoms with Gasteiger partial charge in [0.1, 0.15) is 11.4 Å². The van der Waals surface area contributed by atoms with Crippen molar-refractivity contribution in [2.75, 3.05) is 31.1 Å². The highest BCUT2D eigenvalue weighted by atomic mass is 79.9. The normalized spacial score (nSPS) is 14.5. The van der Waals surface area contributed by atoms with Crippen LogP contribution in [0, 0.1) is 5.82 Å². The van der Waals surface area contributed by atoms with Gasteiger partial charge in [-0.15, -0.1) is 10.2 Å². The maximum absolute atomic E-state index is 15.3. The van der Waals surface area contributed by atoms with E-state index in [0.717, 1.165) is 16.1 Å². The number of azo groups is 1. The molecule has 0 atom stereocenters. The summed E-state index contributed by atoms with van der Waals surface area (Å²) < 4.78 is 19.4. The third-order valence-corrected chi connectivity index (χ3v) is 7.57. The molecule has 0 saturated carbocycles. The Morgan fingerprint density at radius 1 is 1.15 bits per heavy atom. The second kappa shape index (κ2) is 10.9. The minimum absolute atomic E-state index is 0.0339. The van der Waals surface area contributed by atoms with Crippen molar-refractivity contribution in [1.29, 1.82) is 0 Å². The Morgan fingerprint density at radius 2 is 1.88 bits per heavy atom. The summed E-state index contributed by atoms with van der Waals surface area (Å²) in [6, 6.07) is 8.29. The molecular formula is C26H25BrFN7O4S. The number of thiocarbonyl (C=S) groups is 1. The highest BCUT2D eigenvalue weighted by molar-refractivity contribution is 9.10. The zero-order valence-corrected chi connectivity index (χ0v) is 23.7. The number of halogens is 2. The molecule has 14 heteroatoms. The van der Waals surface area contributed by atoms with Gasteiger partial charge in [-0.3, -0.25) is 14.3 Å². The van der Waals surface area contributed by atoms with Crippen molar-refractivity contribution >= 4 is 72.4 Å². The lowest BCUT2D eigenvalue weighted by Crippen LogP contribution is -2.47. The number of benzene rings is 2. The fourth-order valence-corrected chi connectivity index (χ4v) is 5.42. The van der Waals surface area contributed by atoms with E-state index in [4.69, 9.17) is 18.0 Å². The molecule has 3 heterocycles. The number of anilines is 1. The number of hydrogen-bond donors (Lipinski definition) is 3. The van der Waals surface area contributed by atoms with Gasteiger partial charge in [0.15, 0.2) is 5.69 Å². The number of carbonyl (C=O) groups is 1. The number of aromatic carboxylic acids is 1. The number of carboxylic acids is 1. The molecule has 2 aromatic carbocycles. The van der Waals surface area contributed by atoms with Gasteiger partial charge in [0.25, 0.3) is 0 Å². The molecule has 1 aliphatic rings. The first kappa shape index (κ1) is 27.7. The van der Waals surface area contributed by atoms with E-state index in [0.29, 0.717) is 56.0 Å². The first-order valence-electron chi connectivity index (χ1n) is 12.4. The van der Waals surface area contributed by atoms with E-state index in [1.54, 1.807) is 15.2 Å². The number of nitrogens with zero attached hydrogens (tertiary/aromatic N) is 6. The monoisotopic (exact) mass is 629 g/mol. The smallest absolute Gasteiger partial charge is 0.341 e. The molecule has 0 aliphatic carbocycles. The van der Waals surface area contributed by atoms with Crippen LogP contribution in [-0.4, -0.2) is 61.5 Å². The predicted octanol–water partition coefficient (Wildman–Crippen LogP) is 4.39. The Bertz CT molecular complexity index is 1760. The molecule has 40 heavy (non-hydrogen) atoms. The lowest BCUT2D eigenvalue weighted by Gasteiger charge is -2.36. The van der Waals surface area contributed by atoms with Gasteiger partial charge in [-0.1, -0.05) is 15.9 Å². The van der Waals surface area contributed by atoms with Gasteiger partial charge in [0.2, 0.25) is 16.4 Å². The van der Waals surface area contributed by atoms with E-state index in [1.165, 1.54) is 6.20 Å². The Hall–Kier alpha value is -3.88. The zero-order valence-electron chi connectivity index (χ0n) is 21.3. The SMILES string of the molecule is CCn1cc(C(=O)O)c(=O)c2cc(F)c(N3CCN(Cn4c(O)c(N=NC(N)=S)c5cc(Br)ccc54)CC3)cc21. The fourth-order valence-electron chi connectivity index (χ4n) is 5.02. The number of fused-ring (bicyclic) bond motifs is 2. The highest BCUT2D eigenvalue weighted by Crippen LogP contribution is 2.40. The van der Waals surface area contributed by atoms with Crippen LogP contribution in [0.1, 0.15) is 17.3 Å². The fraction of sp³-hybridized carbons (Fsp3) is 0.269. The van der Waals surface area contributed by atoms with Crippen LogP contribution in [0.5, 0.6) is 5.88 Å². The number of nitrogens with two attached hydrogens (primary N) is 1. The third-order valence-electron chi connectivity index (χ3n) is 6.99. The van der Waals surface area contributed by atoms with E-state index in [-0.39, 0.29) is 22.1 Å². The van der Waals surface area contributed by atoms with Gasteiger partial charge >= 0.3 is 5.97 Å². The van der Waals surface area contributed by atoms with Crippen LogP contribution >= 0.6 is 28.1 Å². The first-order chi connectivity index (χ1) is 19.1. The summed E-state index contributed by atoms with van der Waals surface area (Å²) in [6.45, 7) is 4.71. The van der Waals surface area contributed by atoms with E-state index in [1.807, 2.05) is 30.0 Å². The average molecular weight is 630 g/mol. The predicted molar refractivity (Wildman–Crippen MR) is 157 cm³/mol. The molecular weight excluding hydrogens is 605 g/mol. The number of pyridine rings is 1. The molecule has 1 aliphatic heterocycles. The van der Waals surface area contributed by atoms with Gasteiger partial charge in [-0.2, -0.15) is 0 Å². The number of aromatic nitrogens is 2. The summed E-state index contributed by atoms with van der Waals surface area (Å²) in [7, 11) is 0. The summed E-state index contributed by atoms with van der Waals surface area (Å²) in [5, 5.41) is 28.7. The molecule has 4 aromatic rings. The minimum Gasteiger partial charge on any atom is -0.493 e. The van der Waals surface area contributed by atoms with E-state index >= 15 is 4.39 Å². The Balaban J connectivity index is 1.40. The number of piperazine rings is 1. The van der Waals surface area contributed by atoms with Crippen LogP contribution in [-0.2, 0) is 13.2 Å². The molecule has 0 amide bonds. The highest BCUT2D eigenvalue weighted by Gasteiger charge is 2.25. The van der Waals surface area contributed by atoms with E-state index in [2.05, 4.69) is 31.1 Å². The number of aromatic hydroxyl groups is 1. The van der Waals surface area contributed by atoms with E-state index < -0.39 is 22.8 Å². The van der Waals surface area contributed by atoms with Crippen molar-refractivity contribution in [3.8, 4) is 5.88 Å².